The molecule has 1 aromatic heterocycles. The van der Waals surface area contributed by atoms with Crippen LogP contribution in [0.25, 0.3) is 0 Å². The molecule has 0 fully saturated rings. The van der Waals surface area contributed by atoms with Crippen molar-refractivity contribution in [2.24, 2.45) is 0 Å². The fraction of sp³-hybridized carbons (Fsp3) is 0.444. The number of hydrogen-bond donors (Lipinski definition) is 1. The first-order valence-corrected chi connectivity index (χ1v) is 5.31. The van der Waals surface area contributed by atoms with Gasteiger partial charge in [-0.05, 0) is 32.9 Å². The Morgan fingerprint density at radius 2 is 2.14 bits per heavy atom. The third-order valence-electron chi connectivity index (χ3n) is 1.20. The van der Waals surface area contributed by atoms with Gasteiger partial charge >= 0.3 is 6.09 Å². The van der Waals surface area contributed by atoms with E-state index in [-0.39, 0.29) is 0 Å². The Hall–Kier alpha value is -0.740. The van der Waals surface area contributed by atoms with Crippen LogP contribution in [0, 0.1) is 0 Å². The molecule has 1 heterocycles. The predicted octanol–water partition coefficient (Wildman–Crippen LogP) is 3.75. The maximum absolute atomic E-state index is 11.3. The van der Waals surface area contributed by atoms with Crippen LogP contribution >= 0.6 is 22.9 Å². The van der Waals surface area contributed by atoms with Crippen LogP contribution in [0.1, 0.15) is 20.8 Å². The molecule has 14 heavy (non-hydrogen) atoms. The van der Waals surface area contributed by atoms with Crippen LogP contribution in [0.3, 0.4) is 0 Å². The fourth-order valence-corrected chi connectivity index (χ4v) is 1.71. The van der Waals surface area contributed by atoms with E-state index in [9.17, 15) is 4.79 Å². The topological polar surface area (TPSA) is 38.3 Å². The van der Waals surface area contributed by atoms with E-state index in [4.69, 9.17) is 16.3 Å². The Kier molecular flexibility index (Phi) is 3.39. The Morgan fingerprint density at radius 3 is 2.57 bits per heavy atom. The van der Waals surface area contributed by atoms with Crippen molar-refractivity contribution < 1.29 is 9.53 Å². The SMILES string of the molecule is CC(C)(C)OC(=O)Nc1ccc(Cl)s1. The zero-order chi connectivity index (χ0) is 10.8. The van der Waals surface area contributed by atoms with E-state index in [1.54, 1.807) is 12.1 Å². The van der Waals surface area contributed by atoms with Crippen molar-refractivity contribution in [3.63, 3.8) is 0 Å². The number of carbonyl (C=O) groups excluding carboxylic acids is 1. The van der Waals surface area contributed by atoms with Crippen molar-refractivity contribution >= 4 is 34.0 Å². The van der Waals surface area contributed by atoms with E-state index in [2.05, 4.69) is 5.32 Å². The number of halogens is 1. The van der Waals surface area contributed by atoms with Crippen molar-refractivity contribution in [2.75, 3.05) is 5.32 Å². The minimum Gasteiger partial charge on any atom is -0.444 e. The van der Waals surface area contributed by atoms with Crippen LogP contribution < -0.4 is 5.32 Å². The summed E-state index contributed by atoms with van der Waals surface area (Å²) in [6.45, 7) is 5.44. The number of nitrogens with one attached hydrogen (secondary N) is 1. The molecule has 0 aliphatic heterocycles. The van der Waals surface area contributed by atoms with Crippen LogP contribution in [0.4, 0.5) is 9.80 Å². The van der Waals surface area contributed by atoms with Gasteiger partial charge in [-0.3, -0.25) is 5.32 Å². The maximum atomic E-state index is 11.3. The molecule has 0 atom stereocenters. The minimum atomic E-state index is -0.481. The quantitative estimate of drug-likeness (QED) is 0.802. The van der Waals surface area contributed by atoms with Gasteiger partial charge in [0.1, 0.15) is 5.60 Å². The zero-order valence-electron chi connectivity index (χ0n) is 8.26. The molecule has 0 spiro atoms. The molecule has 0 saturated carbocycles. The molecule has 0 aliphatic rings. The second kappa shape index (κ2) is 4.19. The lowest BCUT2D eigenvalue weighted by molar-refractivity contribution is 0.0636. The normalized spacial score (nSPS) is 11.1. The van der Waals surface area contributed by atoms with Crippen molar-refractivity contribution in [1.29, 1.82) is 0 Å². The monoisotopic (exact) mass is 233 g/mol. The Balaban J connectivity index is 2.50. The Labute approximate surface area is 92.0 Å². The van der Waals surface area contributed by atoms with E-state index < -0.39 is 11.7 Å². The van der Waals surface area contributed by atoms with Crippen LogP contribution in [0.2, 0.25) is 4.34 Å². The molecule has 1 amide bonds. The van der Waals surface area contributed by atoms with E-state index in [1.165, 1.54) is 11.3 Å². The lowest BCUT2D eigenvalue weighted by Gasteiger charge is -2.19. The van der Waals surface area contributed by atoms with Gasteiger partial charge in [-0.1, -0.05) is 11.6 Å². The second-order valence-electron chi connectivity index (χ2n) is 3.73. The third kappa shape index (κ3) is 3.98. The van der Waals surface area contributed by atoms with Crippen LogP contribution in [0.5, 0.6) is 0 Å². The third-order valence-corrected chi connectivity index (χ3v) is 2.34. The summed E-state index contributed by atoms with van der Waals surface area (Å²) in [5.74, 6) is 0. The lowest BCUT2D eigenvalue weighted by atomic mass is 10.2. The minimum absolute atomic E-state index is 0.462. The average molecular weight is 234 g/mol. The maximum Gasteiger partial charge on any atom is 0.412 e. The smallest absolute Gasteiger partial charge is 0.412 e. The highest BCUT2D eigenvalue weighted by Crippen LogP contribution is 2.26. The largest absolute Gasteiger partial charge is 0.444 e. The van der Waals surface area contributed by atoms with E-state index >= 15 is 0 Å². The molecule has 0 radical (unpaired) electrons. The van der Waals surface area contributed by atoms with Crippen molar-refractivity contribution in [3.8, 4) is 0 Å². The highest BCUT2D eigenvalue weighted by Gasteiger charge is 2.16. The van der Waals surface area contributed by atoms with Crippen molar-refractivity contribution in [1.82, 2.24) is 0 Å². The summed E-state index contributed by atoms with van der Waals surface area (Å²) in [7, 11) is 0. The molecule has 0 bridgehead atoms. The number of rotatable bonds is 1. The second-order valence-corrected chi connectivity index (χ2v) is 5.45. The summed E-state index contributed by atoms with van der Waals surface area (Å²) in [5.41, 5.74) is -0.481. The highest BCUT2D eigenvalue weighted by atomic mass is 35.5. The van der Waals surface area contributed by atoms with Gasteiger partial charge in [0, 0.05) is 0 Å². The molecule has 78 valence electrons. The number of thiophene rings is 1. The molecule has 0 saturated heterocycles. The lowest BCUT2D eigenvalue weighted by Crippen LogP contribution is -2.26. The summed E-state index contributed by atoms with van der Waals surface area (Å²) in [5, 5.41) is 3.28. The van der Waals surface area contributed by atoms with Crippen LogP contribution in [-0.4, -0.2) is 11.7 Å². The summed E-state index contributed by atoms with van der Waals surface area (Å²) in [6, 6.07) is 3.45. The molecule has 0 aliphatic carbocycles. The van der Waals surface area contributed by atoms with Gasteiger partial charge < -0.3 is 4.74 Å². The van der Waals surface area contributed by atoms with Gasteiger partial charge in [0.05, 0.1) is 9.34 Å². The fourth-order valence-electron chi connectivity index (χ4n) is 0.786. The van der Waals surface area contributed by atoms with Gasteiger partial charge in [-0.15, -0.1) is 11.3 Å². The summed E-state index contributed by atoms with van der Waals surface area (Å²) in [6.07, 6.45) is -0.462. The van der Waals surface area contributed by atoms with Gasteiger partial charge in [0.2, 0.25) is 0 Å². The molecular formula is C9H12ClNO2S. The average Bonchev–Trinajstić information content (AvgIpc) is 2.30. The van der Waals surface area contributed by atoms with Gasteiger partial charge in [-0.2, -0.15) is 0 Å². The first kappa shape index (κ1) is 11.3. The van der Waals surface area contributed by atoms with Crippen LogP contribution in [-0.2, 0) is 4.74 Å². The standard InChI is InChI=1S/C9H12ClNO2S/c1-9(2,3)13-8(12)11-7-5-4-6(10)14-7/h4-5H,1-3H3,(H,11,12). The Morgan fingerprint density at radius 1 is 1.50 bits per heavy atom. The van der Waals surface area contributed by atoms with Crippen molar-refractivity contribution in [2.45, 2.75) is 26.4 Å². The van der Waals surface area contributed by atoms with Gasteiger partial charge in [0.25, 0.3) is 0 Å². The molecule has 1 aromatic rings. The Bertz CT molecular complexity index is 330. The van der Waals surface area contributed by atoms with E-state index in [1.807, 2.05) is 20.8 Å². The van der Waals surface area contributed by atoms with E-state index in [0.717, 1.165) is 0 Å². The predicted molar refractivity (Wildman–Crippen MR) is 59.2 cm³/mol. The first-order chi connectivity index (χ1) is 6.37. The molecule has 3 nitrogen and oxygen atoms in total. The van der Waals surface area contributed by atoms with Crippen molar-refractivity contribution in [3.05, 3.63) is 16.5 Å². The van der Waals surface area contributed by atoms with Gasteiger partial charge in [-0.25, -0.2) is 4.79 Å². The molecule has 5 heteroatoms. The highest BCUT2D eigenvalue weighted by molar-refractivity contribution is 7.20. The molecule has 0 unspecified atom stereocenters. The summed E-state index contributed by atoms with van der Waals surface area (Å²) in [4.78, 5) is 11.3. The number of carbonyl (C=O) groups is 1. The number of anilines is 1. The van der Waals surface area contributed by atoms with E-state index in [0.29, 0.717) is 9.34 Å². The first-order valence-electron chi connectivity index (χ1n) is 4.12. The number of hydrogen-bond acceptors (Lipinski definition) is 3. The molecule has 0 aromatic carbocycles. The van der Waals surface area contributed by atoms with Crippen LogP contribution in [0.15, 0.2) is 12.1 Å². The zero-order valence-corrected chi connectivity index (χ0v) is 9.83. The summed E-state index contributed by atoms with van der Waals surface area (Å²) >= 11 is 7.00. The van der Waals surface area contributed by atoms with Gasteiger partial charge in [0.15, 0.2) is 0 Å². The number of ether oxygens (including phenoxy) is 1. The molecular weight excluding hydrogens is 222 g/mol. The summed E-state index contributed by atoms with van der Waals surface area (Å²) < 4.78 is 5.70. The number of amides is 1. The molecule has 1 N–H and O–H groups in total. The molecule has 1 rings (SSSR count).